The fourth-order valence-electron chi connectivity index (χ4n) is 1.22. The summed E-state index contributed by atoms with van der Waals surface area (Å²) in [4.78, 5) is 15.8. The molecule has 0 unspecified atom stereocenters. The van der Waals surface area contributed by atoms with Gasteiger partial charge in [-0.05, 0) is 32.4 Å². The molecule has 0 spiro atoms. The number of pyridine rings is 1. The van der Waals surface area contributed by atoms with Crippen LogP contribution in [0.3, 0.4) is 0 Å². The second kappa shape index (κ2) is 4.47. The Labute approximate surface area is 91.3 Å². The Bertz CT molecular complexity index is 363. The Morgan fingerprint density at radius 3 is 2.73 bits per heavy atom. The van der Waals surface area contributed by atoms with Crippen molar-refractivity contribution in [1.29, 1.82) is 0 Å². The third-order valence-corrected chi connectivity index (χ3v) is 2.20. The minimum absolute atomic E-state index is 0.289. The molecule has 0 N–H and O–H groups in total. The van der Waals surface area contributed by atoms with E-state index in [-0.39, 0.29) is 5.97 Å². The number of rotatable bonds is 3. The van der Waals surface area contributed by atoms with Crippen LogP contribution >= 0.6 is 0 Å². The highest BCUT2D eigenvalue weighted by Gasteiger charge is 2.32. The molecule has 4 heteroatoms. The van der Waals surface area contributed by atoms with E-state index < -0.39 is 5.41 Å². The van der Waals surface area contributed by atoms with E-state index in [1.807, 2.05) is 0 Å². The lowest BCUT2D eigenvalue weighted by Gasteiger charge is -2.21. The van der Waals surface area contributed by atoms with Gasteiger partial charge < -0.3 is 4.74 Å². The van der Waals surface area contributed by atoms with Gasteiger partial charge in [-0.1, -0.05) is 12.1 Å². The van der Waals surface area contributed by atoms with E-state index in [1.165, 1.54) is 0 Å². The van der Waals surface area contributed by atoms with Crippen molar-refractivity contribution in [2.75, 3.05) is 6.61 Å². The molecular weight excluding hydrogens is 189 g/mol. The van der Waals surface area contributed by atoms with Gasteiger partial charge >= 0.3 is 5.97 Å². The van der Waals surface area contributed by atoms with Gasteiger partial charge in [-0.15, -0.1) is 0 Å². The molecule has 0 aliphatic heterocycles. The van der Waals surface area contributed by atoms with Crippen LogP contribution in [-0.4, -0.2) is 25.4 Å². The second-order valence-corrected chi connectivity index (χ2v) is 3.79. The van der Waals surface area contributed by atoms with Crippen LogP contribution in [0.4, 0.5) is 0 Å². The lowest BCUT2D eigenvalue weighted by molar-refractivity contribution is -0.148. The summed E-state index contributed by atoms with van der Waals surface area (Å²) in [7, 11) is 5.57. The number of hydrogen-bond acceptors (Lipinski definition) is 3. The zero-order valence-electron chi connectivity index (χ0n) is 9.28. The molecule has 2 radical (unpaired) electrons. The molecule has 3 nitrogen and oxygen atoms in total. The van der Waals surface area contributed by atoms with E-state index in [0.717, 1.165) is 0 Å². The van der Waals surface area contributed by atoms with Crippen LogP contribution in [-0.2, 0) is 14.9 Å². The van der Waals surface area contributed by atoms with Crippen molar-refractivity contribution in [3.05, 3.63) is 23.9 Å². The SMILES string of the molecule is [B]c1cccc(C(C)(C)C(=O)OCC)n1. The van der Waals surface area contributed by atoms with E-state index in [1.54, 1.807) is 39.0 Å². The number of carbonyl (C=O) groups excluding carboxylic acids is 1. The third-order valence-electron chi connectivity index (χ3n) is 2.20. The summed E-state index contributed by atoms with van der Waals surface area (Å²) in [5.41, 5.74) is 0.275. The molecular formula is C11H14BNO2. The van der Waals surface area contributed by atoms with Crippen LogP contribution in [0, 0.1) is 0 Å². The predicted octanol–water partition coefficient (Wildman–Crippen LogP) is 0.716. The van der Waals surface area contributed by atoms with Gasteiger partial charge in [0.15, 0.2) is 0 Å². The zero-order chi connectivity index (χ0) is 11.5. The third kappa shape index (κ3) is 2.58. The molecule has 1 rings (SSSR count). The Balaban J connectivity index is 2.99. The van der Waals surface area contributed by atoms with Crippen molar-refractivity contribution in [2.24, 2.45) is 0 Å². The molecule has 0 saturated heterocycles. The van der Waals surface area contributed by atoms with Crippen LogP contribution in [0.2, 0.25) is 0 Å². The van der Waals surface area contributed by atoms with Crippen molar-refractivity contribution in [1.82, 2.24) is 4.98 Å². The lowest BCUT2D eigenvalue weighted by atomic mass is 9.88. The van der Waals surface area contributed by atoms with Crippen molar-refractivity contribution in [2.45, 2.75) is 26.2 Å². The number of esters is 1. The molecule has 1 heterocycles. The number of aromatic nitrogens is 1. The van der Waals surface area contributed by atoms with E-state index >= 15 is 0 Å². The molecule has 0 aliphatic carbocycles. The maximum atomic E-state index is 11.7. The van der Waals surface area contributed by atoms with Gasteiger partial charge in [0.2, 0.25) is 0 Å². The summed E-state index contributed by atoms with van der Waals surface area (Å²) < 4.78 is 4.98. The van der Waals surface area contributed by atoms with Crippen LogP contribution in [0.1, 0.15) is 26.5 Å². The van der Waals surface area contributed by atoms with Crippen LogP contribution in [0.5, 0.6) is 0 Å². The standard InChI is InChI=1S/C11H14BNO2/c1-4-15-10(14)11(2,3)8-6-5-7-9(12)13-8/h5-7H,4H2,1-3H3. The molecule has 0 atom stereocenters. The topological polar surface area (TPSA) is 39.2 Å². The highest BCUT2D eigenvalue weighted by Crippen LogP contribution is 2.21. The molecule has 0 fully saturated rings. The maximum Gasteiger partial charge on any atom is 0.317 e. The van der Waals surface area contributed by atoms with Crippen LogP contribution < -0.4 is 5.59 Å². The largest absolute Gasteiger partial charge is 0.465 e. The average molecular weight is 203 g/mol. The van der Waals surface area contributed by atoms with Gasteiger partial charge in [-0.25, -0.2) is 0 Å². The Hall–Kier alpha value is -1.32. The molecule has 0 amide bonds. The summed E-state index contributed by atoms with van der Waals surface area (Å²) in [5.74, 6) is -0.289. The fraction of sp³-hybridized carbons (Fsp3) is 0.455. The first kappa shape index (κ1) is 11.8. The van der Waals surface area contributed by atoms with Gasteiger partial charge in [0.25, 0.3) is 0 Å². The Morgan fingerprint density at radius 2 is 2.20 bits per heavy atom. The van der Waals surface area contributed by atoms with Crippen molar-refractivity contribution in [3.63, 3.8) is 0 Å². The molecule has 0 aromatic carbocycles. The summed E-state index contributed by atoms with van der Waals surface area (Å²) >= 11 is 0. The van der Waals surface area contributed by atoms with E-state index in [4.69, 9.17) is 12.6 Å². The smallest absolute Gasteiger partial charge is 0.317 e. The monoisotopic (exact) mass is 203 g/mol. The van der Waals surface area contributed by atoms with Gasteiger partial charge in [0.05, 0.1) is 12.3 Å². The average Bonchev–Trinajstić information content (AvgIpc) is 2.18. The van der Waals surface area contributed by atoms with Gasteiger partial charge in [-0.3, -0.25) is 9.78 Å². The van der Waals surface area contributed by atoms with Crippen LogP contribution in [0.25, 0.3) is 0 Å². The van der Waals surface area contributed by atoms with Gasteiger partial charge in [0, 0.05) is 0 Å². The molecule has 78 valence electrons. The minimum atomic E-state index is -0.759. The molecule has 0 saturated carbocycles. The second-order valence-electron chi connectivity index (χ2n) is 3.79. The van der Waals surface area contributed by atoms with Crippen molar-refractivity contribution < 1.29 is 9.53 Å². The van der Waals surface area contributed by atoms with Gasteiger partial charge in [-0.2, -0.15) is 0 Å². The number of nitrogens with zero attached hydrogens (tertiary/aromatic N) is 1. The van der Waals surface area contributed by atoms with E-state index in [0.29, 0.717) is 17.9 Å². The predicted molar refractivity (Wildman–Crippen MR) is 59.3 cm³/mol. The quantitative estimate of drug-likeness (QED) is 0.536. The normalized spacial score (nSPS) is 11.1. The van der Waals surface area contributed by atoms with Gasteiger partial charge in [0.1, 0.15) is 13.3 Å². The van der Waals surface area contributed by atoms with Crippen molar-refractivity contribution >= 4 is 19.4 Å². The summed E-state index contributed by atoms with van der Waals surface area (Å²) in [5, 5.41) is 0. The lowest BCUT2D eigenvalue weighted by Crippen LogP contribution is -2.33. The summed E-state index contributed by atoms with van der Waals surface area (Å²) in [6.07, 6.45) is 0. The molecule has 0 aliphatic rings. The molecule has 1 aromatic heterocycles. The number of hydrogen-bond donors (Lipinski definition) is 0. The van der Waals surface area contributed by atoms with E-state index in [2.05, 4.69) is 4.98 Å². The molecule has 15 heavy (non-hydrogen) atoms. The first-order valence-corrected chi connectivity index (χ1v) is 4.88. The van der Waals surface area contributed by atoms with Crippen molar-refractivity contribution in [3.8, 4) is 0 Å². The first-order valence-electron chi connectivity index (χ1n) is 4.88. The zero-order valence-corrected chi connectivity index (χ0v) is 9.28. The summed E-state index contributed by atoms with van der Waals surface area (Å²) in [6.45, 7) is 5.69. The number of carbonyl (C=O) groups is 1. The van der Waals surface area contributed by atoms with Crippen LogP contribution in [0.15, 0.2) is 18.2 Å². The molecule has 1 aromatic rings. The van der Waals surface area contributed by atoms with E-state index in [9.17, 15) is 4.79 Å². The minimum Gasteiger partial charge on any atom is -0.465 e. The first-order chi connectivity index (χ1) is 6.98. The highest BCUT2D eigenvalue weighted by atomic mass is 16.5. The number of ether oxygens (including phenoxy) is 1. The Kier molecular flexibility index (Phi) is 3.50. The molecule has 0 bridgehead atoms. The Morgan fingerprint density at radius 1 is 1.53 bits per heavy atom. The highest BCUT2D eigenvalue weighted by molar-refractivity contribution is 6.30. The summed E-state index contributed by atoms with van der Waals surface area (Å²) in [6, 6.07) is 5.23. The maximum absolute atomic E-state index is 11.7. The fourth-order valence-corrected chi connectivity index (χ4v) is 1.22.